The van der Waals surface area contributed by atoms with Gasteiger partial charge in [-0.1, -0.05) is 0 Å². The van der Waals surface area contributed by atoms with Crippen LogP contribution in [0.3, 0.4) is 0 Å². The number of likely N-dealkylation sites (N-methyl/N-ethyl adjacent to an activating group) is 1. The van der Waals surface area contributed by atoms with Crippen LogP contribution in [0.25, 0.3) is 0 Å². The van der Waals surface area contributed by atoms with Crippen LogP contribution >= 0.6 is 0 Å². The van der Waals surface area contributed by atoms with E-state index >= 15 is 0 Å². The quantitative estimate of drug-likeness (QED) is 0.766. The Morgan fingerprint density at radius 3 is 2.50 bits per heavy atom. The molecule has 1 saturated heterocycles. The first-order valence-electron chi connectivity index (χ1n) is 6.53. The molecule has 18 heavy (non-hydrogen) atoms. The minimum absolute atomic E-state index is 0.118. The van der Waals surface area contributed by atoms with Gasteiger partial charge in [0.2, 0.25) is 0 Å². The fraction of sp³-hybridized carbons (Fsp3) is 0.571. The Labute approximate surface area is 108 Å². The summed E-state index contributed by atoms with van der Waals surface area (Å²) >= 11 is 0. The Balaban J connectivity index is 2.11. The van der Waals surface area contributed by atoms with Crippen molar-refractivity contribution in [2.24, 2.45) is 0 Å². The second-order valence-corrected chi connectivity index (χ2v) is 5.12. The second-order valence-electron chi connectivity index (χ2n) is 5.12. The topological polar surface area (TPSA) is 55.7 Å². The second kappa shape index (κ2) is 5.59. The van der Waals surface area contributed by atoms with Crippen molar-refractivity contribution in [2.45, 2.75) is 31.8 Å². The van der Waals surface area contributed by atoms with Crippen LogP contribution in [0.5, 0.6) is 11.5 Å². The summed E-state index contributed by atoms with van der Waals surface area (Å²) in [5, 5.41) is 22.5. The van der Waals surface area contributed by atoms with Crippen molar-refractivity contribution in [3.63, 3.8) is 0 Å². The smallest absolute Gasteiger partial charge is 0.119 e. The molecular weight excluding hydrogens is 228 g/mol. The van der Waals surface area contributed by atoms with Crippen LogP contribution in [0.4, 0.5) is 0 Å². The molecule has 4 heteroatoms. The van der Waals surface area contributed by atoms with E-state index in [2.05, 4.69) is 24.2 Å². The van der Waals surface area contributed by atoms with Gasteiger partial charge in [0.05, 0.1) is 0 Å². The highest BCUT2D eigenvalue weighted by Gasteiger charge is 2.23. The maximum Gasteiger partial charge on any atom is 0.119 e. The van der Waals surface area contributed by atoms with E-state index in [1.165, 1.54) is 18.9 Å². The molecule has 3 N–H and O–H groups in total. The highest BCUT2D eigenvalue weighted by atomic mass is 16.3. The lowest BCUT2D eigenvalue weighted by Gasteiger charge is -2.36. The Morgan fingerprint density at radius 2 is 1.94 bits per heavy atom. The SMILES string of the molecule is CC(c1cc(O)cc(O)c1)N(C)C1CCCNC1. The summed E-state index contributed by atoms with van der Waals surface area (Å²) in [6.07, 6.45) is 2.39. The first-order valence-corrected chi connectivity index (χ1v) is 6.53. The Kier molecular flexibility index (Phi) is 4.09. The Bertz CT molecular complexity index is 383. The first-order chi connectivity index (χ1) is 8.58. The molecule has 0 aromatic heterocycles. The minimum Gasteiger partial charge on any atom is -0.508 e. The van der Waals surface area contributed by atoms with Crippen molar-refractivity contribution in [1.29, 1.82) is 0 Å². The van der Waals surface area contributed by atoms with E-state index in [1.807, 2.05) is 0 Å². The van der Waals surface area contributed by atoms with Gasteiger partial charge in [0.1, 0.15) is 11.5 Å². The van der Waals surface area contributed by atoms with Gasteiger partial charge in [0.25, 0.3) is 0 Å². The number of phenolic OH excluding ortho intramolecular Hbond substituents is 2. The third kappa shape index (κ3) is 2.94. The highest BCUT2D eigenvalue weighted by molar-refractivity contribution is 5.38. The maximum atomic E-state index is 9.54. The Morgan fingerprint density at radius 1 is 1.28 bits per heavy atom. The van der Waals surface area contributed by atoms with E-state index in [1.54, 1.807) is 12.1 Å². The van der Waals surface area contributed by atoms with E-state index in [0.29, 0.717) is 6.04 Å². The van der Waals surface area contributed by atoms with E-state index < -0.39 is 0 Å². The molecule has 4 nitrogen and oxygen atoms in total. The molecule has 2 atom stereocenters. The third-order valence-electron chi connectivity index (χ3n) is 3.87. The molecule has 0 saturated carbocycles. The van der Waals surface area contributed by atoms with Crippen molar-refractivity contribution in [3.05, 3.63) is 23.8 Å². The summed E-state index contributed by atoms with van der Waals surface area (Å²) in [5.41, 5.74) is 0.945. The summed E-state index contributed by atoms with van der Waals surface area (Å²) in [7, 11) is 2.10. The van der Waals surface area contributed by atoms with Crippen molar-refractivity contribution in [1.82, 2.24) is 10.2 Å². The number of benzene rings is 1. The van der Waals surface area contributed by atoms with Crippen molar-refractivity contribution in [3.8, 4) is 11.5 Å². The summed E-state index contributed by atoms with van der Waals surface area (Å²) in [4.78, 5) is 2.31. The standard InChI is InChI=1S/C14H22N2O2/c1-10(11-6-13(17)8-14(18)7-11)16(2)12-4-3-5-15-9-12/h6-8,10,12,15,17-18H,3-5,9H2,1-2H3. The zero-order valence-corrected chi connectivity index (χ0v) is 11.1. The highest BCUT2D eigenvalue weighted by Crippen LogP contribution is 2.29. The maximum absolute atomic E-state index is 9.54. The lowest BCUT2D eigenvalue weighted by molar-refractivity contribution is 0.156. The summed E-state index contributed by atoms with van der Waals surface area (Å²) < 4.78 is 0. The summed E-state index contributed by atoms with van der Waals surface area (Å²) in [5.74, 6) is 0.235. The number of hydrogen-bond acceptors (Lipinski definition) is 4. The minimum atomic E-state index is 0.118. The van der Waals surface area contributed by atoms with Gasteiger partial charge in [-0.3, -0.25) is 4.90 Å². The molecule has 0 bridgehead atoms. The predicted molar refractivity (Wildman–Crippen MR) is 71.8 cm³/mol. The molecule has 100 valence electrons. The van der Waals surface area contributed by atoms with Gasteiger partial charge in [0.15, 0.2) is 0 Å². The van der Waals surface area contributed by atoms with Crippen LogP contribution in [-0.2, 0) is 0 Å². The first kappa shape index (κ1) is 13.2. The molecule has 1 aliphatic heterocycles. The van der Waals surface area contributed by atoms with Gasteiger partial charge in [-0.05, 0) is 51.1 Å². The molecule has 0 aliphatic carbocycles. The largest absolute Gasteiger partial charge is 0.508 e. The van der Waals surface area contributed by atoms with Crippen molar-refractivity contribution < 1.29 is 10.2 Å². The molecule has 0 radical (unpaired) electrons. The molecule has 1 aromatic rings. The van der Waals surface area contributed by atoms with Crippen LogP contribution in [0.2, 0.25) is 0 Å². The Hall–Kier alpha value is -1.26. The molecule has 0 spiro atoms. The summed E-state index contributed by atoms with van der Waals surface area (Å²) in [6.45, 7) is 4.21. The fourth-order valence-corrected chi connectivity index (χ4v) is 2.59. The molecule has 1 heterocycles. The van der Waals surface area contributed by atoms with E-state index in [0.717, 1.165) is 18.7 Å². The number of nitrogens with zero attached hydrogens (tertiary/aromatic N) is 1. The number of phenols is 2. The summed E-state index contributed by atoms with van der Waals surface area (Å²) in [6, 6.07) is 5.48. The molecule has 1 fully saturated rings. The van der Waals surface area contributed by atoms with E-state index in [-0.39, 0.29) is 17.5 Å². The monoisotopic (exact) mass is 250 g/mol. The van der Waals surface area contributed by atoms with Gasteiger partial charge in [-0.2, -0.15) is 0 Å². The van der Waals surface area contributed by atoms with Gasteiger partial charge in [-0.25, -0.2) is 0 Å². The van der Waals surface area contributed by atoms with Gasteiger partial charge in [-0.15, -0.1) is 0 Å². The van der Waals surface area contributed by atoms with Crippen LogP contribution in [0.15, 0.2) is 18.2 Å². The van der Waals surface area contributed by atoms with Crippen LogP contribution in [0, 0.1) is 0 Å². The average molecular weight is 250 g/mol. The van der Waals surface area contributed by atoms with Gasteiger partial charge >= 0.3 is 0 Å². The van der Waals surface area contributed by atoms with Gasteiger partial charge in [0, 0.05) is 24.7 Å². The zero-order chi connectivity index (χ0) is 13.1. The lowest BCUT2D eigenvalue weighted by Crippen LogP contribution is -2.45. The number of aromatic hydroxyl groups is 2. The van der Waals surface area contributed by atoms with Crippen LogP contribution in [0.1, 0.15) is 31.4 Å². The third-order valence-corrected chi connectivity index (χ3v) is 3.87. The zero-order valence-electron chi connectivity index (χ0n) is 11.1. The molecular formula is C14H22N2O2. The lowest BCUT2D eigenvalue weighted by atomic mass is 10.0. The van der Waals surface area contributed by atoms with E-state index in [9.17, 15) is 10.2 Å². The number of nitrogens with one attached hydrogen (secondary N) is 1. The van der Waals surface area contributed by atoms with Crippen molar-refractivity contribution >= 4 is 0 Å². The molecule has 1 aliphatic rings. The van der Waals surface area contributed by atoms with Crippen LogP contribution < -0.4 is 5.32 Å². The number of piperidine rings is 1. The molecule has 1 aromatic carbocycles. The number of hydrogen-bond donors (Lipinski definition) is 3. The average Bonchev–Trinajstić information content (AvgIpc) is 2.37. The normalized spacial score (nSPS) is 22.1. The molecule has 2 rings (SSSR count). The van der Waals surface area contributed by atoms with E-state index in [4.69, 9.17) is 0 Å². The van der Waals surface area contributed by atoms with Crippen LogP contribution in [-0.4, -0.2) is 41.3 Å². The van der Waals surface area contributed by atoms with Crippen molar-refractivity contribution in [2.75, 3.05) is 20.1 Å². The number of rotatable bonds is 3. The molecule has 2 unspecified atom stereocenters. The van der Waals surface area contributed by atoms with Gasteiger partial charge < -0.3 is 15.5 Å². The predicted octanol–water partition coefficient (Wildman–Crippen LogP) is 1.84. The fourth-order valence-electron chi connectivity index (χ4n) is 2.59. The molecule has 0 amide bonds.